The number of phenols is 1. The van der Waals surface area contributed by atoms with Gasteiger partial charge in [0.1, 0.15) is 35.2 Å². The van der Waals surface area contributed by atoms with Gasteiger partial charge < -0.3 is 29.2 Å². The van der Waals surface area contributed by atoms with E-state index in [1.807, 2.05) is 0 Å². The maximum Gasteiger partial charge on any atom is 0.341 e. The highest BCUT2D eigenvalue weighted by Crippen LogP contribution is 2.31. The molecule has 0 atom stereocenters. The van der Waals surface area contributed by atoms with E-state index >= 15 is 0 Å². The van der Waals surface area contributed by atoms with Crippen molar-refractivity contribution < 1.29 is 43.5 Å². The molecule has 0 unspecified atom stereocenters. The van der Waals surface area contributed by atoms with Crippen molar-refractivity contribution in [1.82, 2.24) is 0 Å². The van der Waals surface area contributed by atoms with Crippen LogP contribution in [-0.4, -0.2) is 47.8 Å². The lowest BCUT2D eigenvalue weighted by molar-refractivity contribution is -0.136. The number of hydrogen-bond acceptors (Lipinski definition) is 8. The van der Waals surface area contributed by atoms with Crippen molar-refractivity contribution in [1.29, 1.82) is 0 Å². The van der Waals surface area contributed by atoms with Crippen molar-refractivity contribution >= 4 is 17.7 Å². The molecular weight excluding hydrogens is 528 g/mol. The fraction of sp³-hybridized carbons (Fsp3) is 0.344. The molecular formula is C32H34O9. The van der Waals surface area contributed by atoms with Gasteiger partial charge in [-0.05, 0) is 92.6 Å². The molecule has 1 aliphatic carbocycles. The maximum atomic E-state index is 13.3. The van der Waals surface area contributed by atoms with Gasteiger partial charge in [-0.15, -0.1) is 0 Å². The molecule has 4 rings (SSSR count). The van der Waals surface area contributed by atoms with Crippen LogP contribution in [0.5, 0.6) is 23.0 Å². The smallest absolute Gasteiger partial charge is 0.341 e. The highest BCUT2D eigenvalue weighted by molar-refractivity contribution is 6.11. The van der Waals surface area contributed by atoms with E-state index in [9.17, 15) is 24.6 Å². The second-order valence-electron chi connectivity index (χ2n) is 9.79. The van der Waals surface area contributed by atoms with E-state index in [4.69, 9.17) is 18.9 Å². The van der Waals surface area contributed by atoms with Crippen molar-refractivity contribution in [2.75, 3.05) is 13.7 Å². The molecule has 0 saturated heterocycles. The fourth-order valence-corrected chi connectivity index (χ4v) is 4.79. The molecule has 216 valence electrons. The zero-order valence-electron chi connectivity index (χ0n) is 23.2. The molecule has 3 aromatic rings. The van der Waals surface area contributed by atoms with E-state index < -0.39 is 17.7 Å². The molecule has 0 radical (unpaired) electrons. The van der Waals surface area contributed by atoms with Gasteiger partial charge in [0.2, 0.25) is 0 Å². The zero-order valence-corrected chi connectivity index (χ0v) is 23.2. The van der Waals surface area contributed by atoms with Crippen LogP contribution in [0.1, 0.15) is 76.4 Å². The molecule has 0 aromatic heterocycles. The summed E-state index contributed by atoms with van der Waals surface area (Å²) in [5.41, 5.74) is 1.95. The highest BCUT2D eigenvalue weighted by Gasteiger charge is 2.20. The first kappa shape index (κ1) is 29.5. The first-order valence-electron chi connectivity index (χ1n) is 13.6. The molecule has 0 heterocycles. The largest absolute Gasteiger partial charge is 0.507 e. The Hall–Kier alpha value is -4.53. The summed E-state index contributed by atoms with van der Waals surface area (Å²) in [6.45, 7) is 2.07. The number of aryl methyl sites for hydroxylation is 1. The Kier molecular flexibility index (Phi) is 9.84. The minimum absolute atomic E-state index is 0.107. The van der Waals surface area contributed by atoms with Crippen LogP contribution in [0, 0.1) is 0 Å². The van der Waals surface area contributed by atoms with Crippen LogP contribution in [0.25, 0.3) is 0 Å². The van der Waals surface area contributed by atoms with Gasteiger partial charge >= 0.3 is 11.9 Å². The number of ketones is 1. The zero-order chi connectivity index (χ0) is 29.4. The van der Waals surface area contributed by atoms with Crippen molar-refractivity contribution in [2.24, 2.45) is 0 Å². The number of carboxylic acid groups (broad SMARTS) is 1. The van der Waals surface area contributed by atoms with E-state index in [0.29, 0.717) is 33.9 Å². The third kappa shape index (κ3) is 7.57. The summed E-state index contributed by atoms with van der Waals surface area (Å²) in [6.07, 6.45) is 4.28. The highest BCUT2D eigenvalue weighted by atomic mass is 16.5. The number of carbonyl (C=O) groups is 3. The summed E-state index contributed by atoms with van der Waals surface area (Å²) >= 11 is 0. The number of methoxy groups -OCH3 is 1. The SMILES string of the molecule is CCOC(=O)c1ccc(COc2ccc(C(=O)c3ccc(OC4CCCC4)cc3O)cc2CCC(=O)O)cc1OC. The molecule has 1 saturated carbocycles. The Bertz CT molecular complexity index is 1410. The molecule has 0 amide bonds. The Morgan fingerprint density at radius 2 is 1.68 bits per heavy atom. The van der Waals surface area contributed by atoms with Gasteiger partial charge in [0, 0.05) is 18.1 Å². The molecule has 41 heavy (non-hydrogen) atoms. The number of hydrogen-bond donors (Lipinski definition) is 2. The molecule has 2 N–H and O–H groups in total. The number of aliphatic carboxylic acids is 1. The fourth-order valence-electron chi connectivity index (χ4n) is 4.79. The summed E-state index contributed by atoms with van der Waals surface area (Å²) < 4.78 is 22.3. The van der Waals surface area contributed by atoms with Gasteiger partial charge in [-0.2, -0.15) is 0 Å². The first-order valence-corrected chi connectivity index (χ1v) is 13.6. The molecule has 0 aliphatic heterocycles. The van der Waals surface area contributed by atoms with Gasteiger partial charge in [-0.3, -0.25) is 9.59 Å². The van der Waals surface area contributed by atoms with Crippen LogP contribution in [0.15, 0.2) is 54.6 Å². The Balaban J connectivity index is 1.52. The van der Waals surface area contributed by atoms with Gasteiger partial charge in [0.15, 0.2) is 5.78 Å². The van der Waals surface area contributed by atoms with E-state index in [1.54, 1.807) is 49.4 Å². The standard InChI is InChI=1S/C32H34O9/c1-3-39-32(37)26-12-8-20(16-29(26)38-2)19-40-28-14-9-22(17-21(28)10-15-30(34)35)31(36)25-13-11-24(18-27(25)33)41-23-6-4-5-7-23/h8-9,11-14,16-18,23,33H,3-7,10,15,19H2,1-2H3,(H,34,35). The number of benzene rings is 3. The Labute approximate surface area is 238 Å². The van der Waals surface area contributed by atoms with Crippen LogP contribution in [0.4, 0.5) is 0 Å². The van der Waals surface area contributed by atoms with Crippen molar-refractivity contribution in [2.45, 2.75) is 58.2 Å². The van der Waals surface area contributed by atoms with E-state index in [0.717, 1.165) is 25.7 Å². The van der Waals surface area contributed by atoms with Crippen LogP contribution in [-0.2, 0) is 22.6 Å². The van der Waals surface area contributed by atoms with Crippen LogP contribution >= 0.6 is 0 Å². The Morgan fingerprint density at radius 3 is 2.37 bits per heavy atom. The summed E-state index contributed by atoms with van der Waals surface area (Å²) in [6, 6.07) is 14.4. The number of carbonyl (C=O) groups excluding carboxylic acids is 2. The van der Waals surface area contributed by atoms with E-state index in [1.165, 1.54) is 19.2 Å². The maximum absolute atomic E-state index is 13.3. The van der Waals surface area contributed by atoms with Crippen LogP contribution in [0.2, 0.25) is 0 Å². The second-order valence-corrected chi connectivity index (χ2v) is 9.79. The average molecular weight is 563 g/mol. The number of ether oxygens (including phenoxy) is 4. The number of phenolic OH excluding ortho intramolecular Hbond substituents is 1. The molecule has 9 nitrogen and oxygen atoms in total. The number of carboxylic acids is 1. The first-order chi connectivity index (χ1) is 19.8. The molecule has 1 fully saturated rings. The summed E-state index contributed by atoms with van der Waals surface area (Å²) in [5, 5.41) is 19.8. The van der Waals surface area contributed by atoms with Crippen molar-refractivity contribution in [3.8, 4) is 23.0 Å². The predicted molar refractivity (Wildman–Crippen MR) is 150 cm³/mol. The lowest BCUT2D eigenvalue weighted by Gasteiger charge is -2.15. The molecule has 0 bridgehead atoms. The monoisotopic (exact) mass is 562 g/mol. The normalized spacial score (nSPS) is 13.0. The topological polar surface area (TPSA) is 129 Å². The lowest BCUT2D eigenvalue weighted by atomic mass is 9.98. The number of esters is 1. The average Bonchev–Trinajstić information content (AvgIpc) is 3.48. The predicted octanol–water partition coefficient (Wildman–Crippen LogP) is 5.73. The molecule has 1 aliphatic rings. The quantitative estimate of drug-likeness (QED) is 0.198. The van der Waals surface area contributed by atoms with E-state index in [2.05, 4.69) is 0 Å². The Morgan fingerprint density at radius 1 is 0.927 bits per heavy atom. The lowest BCUT2D eigenvalue weighted by Crippen LogP contribution is -2.11. The molecule has 0 spiro atoms. The minimum Gasteiger partial charge on any atom is -0.507 e. The van der Waals surface area contributed by atoms with Gasteiger partial charge in [0.25, 0.3) is 0 Å². The van der Waals surface area contributed by atoms with Gasteiger partial charge in [-0.25, -0.2) is 4.79 Å². The molecule has 9 heteroatoms. The summed E-state index contributed by atoms with van der Waals surface area (Å²) in [5.74, 6) is -0.784. The minimum atomic E-state index is -0.984. The van der Waals surface area contributed by atoms with Crippen LogP contribution in [0.3, 0.4) is 0 Å². The molecule has 3 aromatic carbocycles. The van der Waals surface area contributed by atoms with E-state index in [-0.39, 0.29) is 49.0 Å². The summed E-state index contributed by atoms with van der Waals surface area (Å²) in [4.78, 5) is 36.8. The summed E-state index contributed by atoms with van der Waals surface area (Å²) in [7, 11) is 1.45. The van der Waals surface area contributed by atoms with Crippen LogP contribution < -0.4 is 14.2 Å². The number of rotatable bonds is 13. The second kappa shape index (κ2) is 13.7. The van der Waals surface area contributed by atoms with Gasteiger partial charge in [-0.1, -0.05) is 6.07 Å². The van der Waals surface area contributed by atoms with Crippen molar-refractivity contribution in [3.05, 3.63) is 82.4 Å². The third-order valence-corrected chi connectivity index (χ3v) is 6.91. The number of aromatic hydroxyl groups is 1. The van der Waals surface area contributed by atoms with Gasteiger partial charge in [0.05, 0.1) is 25.4 Å². The van der Waals surface area contributed by atoms with Crippen molar-refractivity contribution in [3.63, 3.8) is 0 Å². The third-order valence-electron chi connectivity index (χ3n) is 6.91.